The van der Waals surface area contributed by atoms with Crippen molar-refractivity contribution in [3.05, 3.63) is 40.1 Å². The number of aromatic nitrogens is 3. The molecular weight excluding hydrogens is 281 g/mol. The van der Waals surface area contributed by atoms with Gasteiger partial charge in [0.15, 0.2) is 0 Å². The second-order valence-corrected chi connectivity index (χ2v) is 3.71. The normalized spacial score (nSPS) is 11.4. The molecule has 7 nitrogen and oxygen atoms in total. The fraction of sp³-hybridized carbons (Fsp3) is 0.200. The molecule has 0 aliphatic rings. The first-order valence-electron chi connectivity index (χ1n) is 5.21. The van der Waals surface area contributed by atoms with E-state index < -0.39 is 22.9 Å². The number of alkyl halides is 3. The molecule has 0 N–H and O–H groups in total. The molecule has 0 fully saturated rings. The lowest BCUT2D eigenvalue weighted by Gasteiger charge is -2.09. The summed E-state index contributed by atoms with van der Waals surface area (Å²) >= 11 is 0. The van der Waals surface area contributed by atoms with Crippen molar-refractivity contribution >= 4 is 5.82 Å². The molecule has 10 heteroatoms. The molecule has 0 spiro atoms. The van der Waals surface area contributed by atoms with E-state index in [0.717, 1.165) is 16.8 Å². The van der Waals surface area contributed by atoms with E-state index in [4.69, 9.17) is 0 Å². The Morgan fingerprint density at radius 1 is 1.30 bits per heavy atom. The van der Waals surface area contributed by atoms with Crippen LogP contribution in [0.3, 0.4) is 0 Å². The van der Waals surface area contributed by atoms with Crippen LogP contribution >= 0.6 is 0 Å². The SMILES string of the molecule is Cc1c([N+](=O)[O-])nnn1-c1ccc(OC(F)(F)F)cc1. The Labute approximate surface area is 109 Å². The Bertz CT molecular complexity index is 636. The molecule has 0 aliphatic heterocycles. The number of benzene rings is 1. The molecule has 0 aliphatic carbocycles. The van der Waals surface area contributed by atoms with Gasteiger partial charge in [-0.25, -0.2) is 0 Å². The largest absolute Gasteiger partial charge is 0.573 e. The van der Waals surface area contributed by atoms with Gasteiger partial charge in [-0.15, -0.1) is 13.2 Å². The molecule has 2 rings (SSSR count). The van der Waals surface area contributed by atoms with Gasteiger partial charge < -0.3 is 14.9 Å². The van der Waals surface area contributed by atoms with Crippen LogP contribution in [0.2, 0.25) is 0 Å². The highest BCUT2D eigenvalue weighted by Gasteiger charge is 2.31. The maximum Gasteiger partial charge on any atom is 0.573 e. The summed E-state index contributed by atoms with van der Waals surface area (Å²) in [6.45, 7) is 1.43. The summed E-state index contributed by atoms with van der Waals surface area (Å²) in [6, 6.07) is 4.73. The van der Waals surface area contributed by atoms with Gasteiger partial charge in [0.25, 0.3) is 0 Å². The summed E-state index contributed by atoms with van der Waals surface area (Å²) in [5.41, 5.74) is 0.497. The van der Waals surface area contributed by atoms with Crippen LogP contribution in [0.25, 0.3) is 5.69 Å². The van der Waals surface area contributed by atoms with Crippen LogP contribution in [0.5, 0.6) is 5.75 Å². The molecular formula is C10H7F3N4O3. The highest BCUT2D eigenvalue weighted by atomic mass is 19.4. The fourth-order valence-corrected chi connectivity index (χ4v) is 1.52. The zero-order valence-electron chi connectivity index (χ0n) is 9.96. The van der Waals surface area contributed by atoms with Gasteiger partial charge in [-0.2, -0.15) is 4.68 Å². The summed E-state index contributed by atoms with van der Waals surface area (Å²) in [7, 11) is 0. The Morgan fingerprint density at radius 2 is 1.90 bits per heavy atom. The van der Waals surface area contributed by atoms with Gasteiger partial charge in [0.05, 0.1) is 10.9 Å². The molecule has 1 heterocycles. The third-order valence-corrected chi connectivity index (χ3v) is 2.36. The summed E-state index contributed by atoms with van der Waals surface area (Å²) in [4.78, 5) is 9.93. The van der Waals surface area contributed by atoms with Crippen LogP contribution in [0.4, 0.5) is 19.0 Å². The maximum absolute atomic E-state index is 12.0. The lowest BCUT2D eigenvalue weighted by atomic mass is 10.3. The third kappa shape index (κ3) is 2.84. The van der Waals surface area contributed by atoms with E-state index in [0.29, 0.717) is 5.69 Å². The van der Waals surface area contributed by atoms with Crippen molar-refractivity contribution in [1.82, 2.24) is 15.0 Å². The number of nitrogens with zero attached hydrogens (tertiary/aromatic N) is 4. The van der Waals surface area contributed by atoms with Gasteiger partial charge in [-0.05, 0) is 36.1 Å². The van der Waals surface area contributed by atoms with E-state index in [1.807, 2.05) is 0 Å². The molecule has 0 unspecified atom stereocenters. The first kappa shape index (κ1) is 13.8. The van der Waals surface area contributed by atoms with Crippen LogP contribution in [0.15, 0.2) is 24.3 Å². The quantitative estimate of drug-likeness (QED) is 0.639. The average molecular weight is 288 g/mol. The summed E-state index contributed by atoms with van der Waals surface area (Å²) < 4.78 is 40.9. The molecule has 106 valence electrons. The predicted octanol–water partition coefficient (Wildman–Crippen LogP) is 2.38. The Kier molecular flexibility index (Phi) is 3.30. The zero-order valence-corrected chi connectivity index (χ0v) is 9.96. The summed E-state index contributed by atoms with van der Waals surface area (Å²) in [6.07, 6.45) is -4.77. The summed E-state index contributed by atoms with van der Waals surface area (Å²) in [5, 5.41) is 17.6. The van der Waals surface area contributed by atoms with Crippen molar-refractivity contribution in [2.75, 3.05) is 0 Å². The van der Waals surface area contributed by atoms with Crippen LogP contribution in [-0.2, 0) is 0 Å². The second kappa shape index (κ2) is 4.79. The Balaban J connectivity index is 2.29. The number of hydrogen-bond acceptors (Lipinski definition) is 5. The summed E-state index contributed by atoms with van der Waals surface area (Å²) in [5.74, 6) is -0.811. The van der Waals surface area contributed by atoms with Crippen molar-refractivity contribution in [3.63, 3.8) is 0 Å². The van der Waals surface area contributed by atoms with Crippen molar-refractivity contribution in [2.45, 2.75) is 13.3 Å². The van der Waals surface area contributed by atoms with Crippen molar-refractivity contribution in [1.29, 1.82) is 0 Å². The van der Waals surface area contributed by atoms with Gasteiger partial charge in [0.2, 0.25) is 0 Å². The van der Waals surface area contributed by atoms with E-state index in [-0.39, 0.29) is 5.69 Å². The highest BCUT2D eigenvalue weighted by Crippen LogP contribution is 2.24. The second-order valence-electron chi connectivity index (χ2n) is 3.71. The Hall–Kier alpha value is -2.65. The number of ether oxygens (including phenoxy) is 1. The molecule has 0 saturated carbocycles. The number of hydrogen-bond donors (Lipinski definition) is 0. The van der Waals surface area contributed by atoms with Crippen molar-refractivity contribution in [3.8, 4) is 11.4 Å². The standard InChI is InChI=1S/C10H7F3N4O3/c1-6-9(17(18)19)14-15-16(6)7-2-4-8(5-3-7)20-10(11,12)13/h2-5H,1H3. The monoisotopic (exact) mass is 288 g/mol. The van der Waals surface area contributed by atoms with Gasteiger partial charge >= 0.3 is 12.2 Å². The van der Waals surface area contributed by atoms with Gasteiger partial charge in [-0.3, -0.25) is 0 Å². The predicted molar refractivity (Wildman–Crippen MR) is 59.4 cm³/mol. The number of nitro groups is 1. The molecule has 2 aromatic rings. The topological polar surface area (TPSA) is 83.1 Å². The van der Waals surface area contributed by atoms with Crippen LogP contribution in [-0.4, -0.2) is 26.3 Å². The molecule has 1 aromatic carbocycles. The molecule has 0 atom stereocenters. The first-order valence-corrected chi connectivity index (χ1v) is 5.21. The fourth-order valence-electron chi connectivity index (χ4n) is 1.52. The molecule has 1 aromatic heterocycles. The molecule has 0 bridgehead atoms. The number of halogens is 3. The van der Waals surface area contributed by atoms with Gasteiger partial charge in [0, 0.05) is 0 Å². The van der Waals surface area contributed by atoms with E-state index in [9.17, 15) is 23.3 Å². The molecule has 0 radical (unpaired) electrons. The average Bonchev–Trinajstić information content (AvgIpc) is 2.70. The minimum absolute atomic E-state index is 0.166. The molecule has 0 amide bonds. The van der Waals surface area contributed by atoms with E-state index in [2.05, 4.69) is 15.0 Å². The maximum atomic E-state index is 12.0. The van der Waals surface area contributed by atoms with Gasteiger partial charge in [0.1, 0.15) is 16.5 Å². The number of rotatable bonds is 3. The minimum atomic E-state index is -4.77. The first-order chi connectivity index (χ1) is 9.28. The third-order valence-electron chi connectivity index (χ3n) is 2.36. The molecule has 0 saturated heterocycles. The van der Waals surface area contributed by atoms with Gasteiger partial charge in [-0.1, -0.05) is 0 Å². The van der Waals surface area contributed by atoms with E-state index in [1.165, 1.54) is 19.1 Å². The van der Waals surface area contributed by atoms with Crippen molar-refractivity contribution in [2.24, 2.45) is 0 Å². The molecule has 20 heavy (non-hydrogen) atoms. The van der Waals surface area contributed by atoms with Crippen LogP contribution in [0, 0.1) is 17.0 Å². The van der Waals surface area contributed by atoms with Crippen LogP contribution in [0.1, 0.15) is 5.69 Å². The lowest BCUT2D eigenvalue weighted by molar-refractivity contribution is -0.390. The lowest BCUT2D eigenvalue weighted by Crippen LogP contribution is -2.17. The van der Waals surface area contributed by atoms with Crippen molar-refractivity contribution < 1.29 is 22.8 Å². The van der Waals surface area contributed by atoms with E-state index in [1.54, 1.807) is 0 Å². The zero-order chi connectivity index (χ0) is 14.9. The smallest absolute Gasteiger partial charge is 0.406 e. The van der Waals surface area contributed by atoms with E-state index >= 15 is 0 Å². The minimum Gasteiger partial charge on any atom is -0.406 e. The Morgan fingerprint density at radius 3 is 2.35 bits per heavy atom. The highest BCUT2D eigenvalue weighted by molar-refractivity contribution is 5.40. The van der Waals surface area contributed by atoms with Crippen LogP contribution < -0.4 is 4.74 Å².